The first-order valence-corrected chi connectivity index (χ1v) is 5.25. The molecule has 0 amide bonds. The molecule has 6 nitrogen and oxygen atoms in total. The molecule has 1 heterocycles. The number of aromatic nitrogens is 3. The number of methoxy groups -OCH3 is 1. The van der Waals surface area contributed by atoms with Gasteiger partial charge in [-0.3, -0.25) is 4.68 Å². The van der Waals surface area contributed by atoms with Crippen molar-refractivity contribution in [1.29, 1.82) is 0 Å². The Labute approximate surface area is 95.7 Å². The third-order valence-electron chi connectivity index (χ3n) is 2.43. The Kier molecular flexibility index (Phi) is 4.40. The molecule has 1 aromatic rings. The fourth-order valence-electron chi connectivity index (χ4n) is 1.27. The summed E-state index contributed by atoms with van der Waals surface area (Å²) in [6, 6.07) is -0.156. The molecule has 0 saturated carbocycles. The van der Waals surface area contributed by atoms with Gasteiger partial charge in [0.15, 0.2) is 5.79 Å². The molecule has 6 heteroatoms. The summed E-state index contributed by atoms with van der Waals surface area (Å²) in [5.74, 6) is -0.626. The molecule has 0 saturated heterocycles. The van der Waals surface area contributed by atoms with Crippen LogP contribution in [-0.4, -0.2) is 39.8 Å². The maximum Gasteiger partial charge on any atom is 0.162 e. The van der Waals surface area contributed by atoms with Gasteiger partial charge in [-0.15, -0.1) is 0 Å². The van der Waals surface area contributed by atoms with Crippen molar-refractivity contribution in [2.45, 2.75) is 45.2 Å². The molecular weight excluding hydrogens is 208 g/mol. The lowest BCUT2D eigenvalue weighted by molar-refractivity contribution is -0.223. The van der Waals surface area contributed by atoms with Crippen LogP contribution in [0.5, 0.6) is 0 Å². The van der Waals surface area contributed by atoms with E-state index in [0.29, 0.717) is 6.54 Å². The van der Waals surface area contributed by atoms with E-state index in [-0.39, 0.29) is 12.1 Å². The van der Waals surface area contributed by atoms with Crippen LogP contribution in [0.15, 0.2) is 12.7 Å². The summed E-state index contributed by atoms with van der Waals surface area (Å²) >= 11 is 0. The van der Waals surface area contributed by atoms with Crippen LogP contribution in [0, 0.1) is 0 Å². The molecule has 0 aliphatic heterocycles. The van der Waals surface area contributed by atoms with Gasteiger partial charge in [0.2, 0.25) is 0 Å². The van der Waals surface area contributed by atoms with E-state index in [9.17, 15) is 0 Å². The number of nitrogens with zero attached hydrogens (tertiary/aromatic N) is 3. The first-order valence-electron chi connectivity index (χ1n) is 5.25. The first kappa shape index (κ1) is 13.1. The molecule has 0 aliphatic carbocycles. The van der Waals surface area contributed by atoms with Gasteiger partial charge in [0.25, 0.3) is 0 Å². The van der Waals surface area contributed by atoms with Crippen molar-refractivity contribution in [3.63, 3.8) is 0 Å². The Balaban J connectivity index is 2.45. The average molecular weight is 228 g/mol. The van der Waals surface area contributed by atoms with E-state index < -0.39 is 5.79 Å². The predicted octanol–water partition coefficient (Wildman–Crippen LogP) is 0.393. The predicted molar refractivity (Wildman–Crippen MR) is 59.6 cm³/mol. The van der Waals surface area contributed by atoms with E-state index >= 15 is 0 Å². The highest BCUT2D eigenvalue weighted by Crippen LogP contribution is 2.14. The van der Waals surface area contributed by atoms with Crippen LogP contribution < -0.4 is 5.73 Å². The van der Waals surface area contributed by atoms with E-state index in [1.165, 1.54) is 6.33 Å². The Hall–Kier alpha value is -0.980. The van der Waals surface area contributed by atoms with Gasteiger partial charge in [-0.25, -0.2) is 4.98 Å². The molecular formula is C10H20N4O2. The van der Waals surface area contributed by atoms with Gasteiger partial charge in [0.1, 0.15) is 12.7 Å². The lowest BCUT2D eigenvalue weighted by Gasteiger charge is -2.30. The largest absolute Gasteiger partial charge is 0.354 e. The Bertz CT molecular complexity index is 300. The summed E-state index contributed by atoms with van der Waals surface area (Å²) in [5.41, 5.74) is 6.00. The molecule has 2 atom stereocenters. The van der Waals surface area contributed by atoms with Crippen molar-refractivity contribution in [1.82, 2.24) is 14.8 Å². The molecule has 0 fully saturated rings. The maximum absolute atomic E-state index is 6.00. The average Bonchev–Trinajstić information content (AvgIpc) is 2.69. The zero-order valence-corrected chi connectivity index (χ0v) is 10.3. The summed E-state index contributed by atoms with van der Waals surface area (Å²) in [4.78, 5) is 3.86. The van der Waals surface area contributed by atoms with Crippen LogP contribution in [0.25, 0.3) is 0 Å². The number of ether oxygens (including phenoxy) is 2. The van der Waals surface area contributed by atoms with E-state index in [1.54, 1.807) is 18.1 Å². The van der Waals surface area contributed by atoms with Crippen molar-refractivity contribution in [3.8, 4) is 0 Å². The molecule has 1 aromatic heterocycles. The van der Waals surface area contributed by atoms with Crippen LogP contribution in [0.3, 0.4) is 0 Å². The summed E-state index contributed by atoms with van der Waals surface area (Å²) < 4.78 is 12.6. The minimum Gasteiger partial charge on any atom is -0.354 e. The molecule has 0 aromatic carbocycles. The lowest BCUT2D eigenvalue weighted by atomic mass is 10.2. The fraction of sp³-hybridized carbons (Fsp3) is 0.800. The first-order chi connectivity index (χ1) is 7.44. The Morgan fingerprint density at radius 3 is 2.69 bits per heavy atom. The highest BCUT2D eigenvalue weighted by atomic mass is 16.7. The van der Waals surface area contributed by atoms with Crippen molar-refractivity contribution in [2.75, 3.05) is 7.11 Å². The van der Waals surface area contributed by atoms with Crippen molar-refractivity contribution < 1.29 is 9.47 Å². The lowest BCUT2D eigenvalue weighted by Crippen LogP contribution is -2.43. The molecule has 2 N–H and O–H groups in total. The molecule has 16 heavy (non-hydrogen) atoms. The van der Waals surface area contributed by atoms with E-state index in [0.717, 1.165) is 0 Å². The second-order valence-electron chi connectivity index (χ2n) is 4.21. The van der Waals surface area contributed by atoms with Gasteiger partial charge >= 0.3 is 0 Å². The maximum atomic E-state index is 6.00. The molecule has 0 aliphatic rings. The Morgan fingerprint density at radius 2 is 2.19 bits per heavy atom. The molecule has 1 rings (SSSR count). The highest BCUT2D eigenvalue weighted by molar-refractivity contribution is 4.72. The zero-order valence-electron chi connectivity index (χ0n) is 10.3. The van der Waals surface area contributed by atoms with Gasteiger partial charge in [-0.05, 0) is 20.8 Å². The van der Waals surface area contributed by atoms with Crippen molar-refractivity contribution in [3.05, 3.63) is 12.7 Å². The molecule has 0 spiro atoms. The minimum atomic E-state index is -0.626. The van der Waals surface area contributed by atoms with Gasteiger partial charge in [0.05, 0.1) is 18.7 Å². The van der Waals surface area contributed by atoms with Crippen LogP contribution in [-0.2, 0) is 16.0 Å². The van der Waals surface area contributed by atoms with Gasteiger partial charge in [-0.1, -0.05) is 0 Å². The van der Waals surface area contributed by atoms with Crippen LogP contribution >= 0.6 is 0 Å². The summed E-state index contributed by atoms with van der Waals surface area (Å²) in [6.07, 6.45) is 2.99. The summed E-state index contributed by atoms with van der Waals surface area (Å²) in [5, 5.41) is 3.99. The van der Waals surface area contributed by atoms with Crippen molar-refractivity contribution in [2.24, 2.45) is 5.73 Å². The standard InChI is InChI=1S/C10H20N4O2/c1-8(16-10(2,3)15-4)9(11)5-14-7-12-6-13-14/h6-9H,5,11H2,1-4H3. The normalized spacial score (nSPS) is 16.1. The quantitative estimate of drug-likeness (QED) is 0.713. The third kappa shape index (κ3) is 3.88. The second kappa shape index (κ2) is 5.38. The zero-order chi connectivity index (χ0) is 12.2. The van der Waals surface area contributed by atoms with Gasteiger partial charge in [-0.2, -0.15) is 5.10 Å². The molecule has 92 valence electrons. The minimum absolute atomic E-state index is 0.126. The molecule has 2 unspecified atom stereocenters. The third-order valence-corrected chi connectivity index (χ3v) is 2.43. The monoisotopic (exact) mass is 228 g/mol. The highest BCUT2D eigenvalue weighted by Gasteiger charge is 2.24. The van der Waals surface area contributed by atoms with Crippen molar-refractivity contribution >= 4 is 0 Å². The number of hydrogen-bond donors (Lipinski definition) is 1. The summed E-state index contributed by atoms with van der Waals surface area (Å²) in [7, 11) is 1.61. The number of hydrogen-bond acceptors (Lipinski definition) is 5. The van der Waals surface area contributed by atoms with Crippen LogP contribution in [0.2, 0.25) is 0 Å². The number of rotatable bonds is 6. The smallest absolute Gasteiger partial charge is 0.162 e. The van der Waals surface area contributed by atoms with Crippen LogP contribution in [0.4, 0.5) is 0 Å². The van der Waals surface area contributed by atoms with E-state index in [2.05, 4.69) is 10.1 Å². The summed E-state index contributed by atoms with van der Waals surface area (Å²) in [6.45, 7) is 6.20. The molecule has 0 bridgehead atoms. The van der Waals surface area contributed by atoms with Gasteiger partial charge < -0.3 is 15.2 Å². The van der Waals surface area contributed by atoms with E-state index in [1.807, 2.05) is 20.8 Å². The fourth-order valence-corrected chi connectivity index (χ4v) is 1.27. The topological polar surface area (TPSA) is 75.2 Å². The molecule has 0 radical (unpaired) electrons. The van der Waals surface area contributed by atoms with E-state index in [4.69, 9.17) is 15.2 Å². The Morgan fingerprint density at radius 1 is 1.50 bits per heavy atom. The second-order valence-corrected chi connectivity index (χ2v) is 4.21. The van der Waals surface area contributed by atoms with Crippen LogP contribution in [0.1, 0.15) is 20.8 Å². The SMILES string of the molecule is COC(C)(C)OC(C)C(N)Cn1cncn1. The number of nitrogens with two attached hydrogens (primary N) is 1. The van der Waals surface area contributed by atoms with Gasteiger partial charge in [0, 0.05) is 7.11 Å².